The quantitative estimate of drug-likeness (QED) is 0.0611. The lowest BCUT2D eigenvalue weighted by Gasteiger charge is -2.33. The molecule has 13 N–H and O–H groups in total. The zero-order valence-electron chi connectivity index (χ0n) is 27.6. The normalized spacial score (nSPS) is 14.1. The minimum absolute atomic E-state index is 0.000304. The number of nitrogens with zero attached hydrogens (tertiary/aromatic N) is 2. The summed E-state index contributed by atoms with van der Waals surface area (Å²) in [5.74, 6) is -12.5. The number of carboxylic acids is 4. The average Bonchev–Trinajstić information content (AvgIpc) is 3.48. The molecule has 1 amide bonds. The van der Waals surface area contributed by atoms with Crippen molar-refractivity contribution in [1.82, 2.24) is 20.3 Å². The van der Waals surface area contributed by atoms with Crippen LogP contribution >= 0.6 is 0 Å². The maximum atomic E-state index is 15.4. The molecule has 0 radical (unpaired) electrons. The molecule has 4 atom stereocenters. The SMILES string of the molecule is CN(CCc1c[nH]c2nc(N)[nH]c(=O)c12)c1ccc(C(=O)N[C@@H](CCC(=O)O)C(=O)C(C[C@H](N)C(=O)O)(C(=O)O)C(=O)[C@@H](N)CCC(=O)O)cc1F. The van der Waals surface area contributed by atoms with Gasteiger partial charge >= 0.3 is 23.9 Å². The Morgan fingerprint density at radius 2 is 1.62 bits per heavy atom. The lowest BCUT2D eigenvalue weighted by Crippen LogP contribution is -2.61. The predicted octanol–water partition coefficient (Wildman–Crippen LogP) is -1.18. The van der Waals surface area contributed by atoms with Gasteiger partial charge in [0.25, 0.3) is 11.5 Å². The van der Waals surface area contributed by atoms with Gasteiger partial charge in [-0.15, -0.1) is 0 Å². The molecule has 0 saturated heterocycles. The molecular formula is C31H37FN8O12. The number of anilines is 2. The molecule has 3 aromatic rings. The first-order valence-corrected chi connectivity index (χ1v) is 15.5. The molecule has 21 heteroatoms. The van der Waals surface area contributed by atoms with Gasteiger partial charge in [-0.05, 0) is 43.0 Å². The van der Waals surface area contributed by atoms with Crippen molar-refractivity contribution in [3.63, 3.8) is 0 Å². The highest BCUT2D eigenvalue weighted by atomic mass is 19.1. The van der Waals surface area contributed by atoms with Gasteiger partial charge in [0, 0.05) is 44.6 Å². The highest BCUT2D eigenvalue weighted by molar-refractivity contribution is 6.25. The van der Waals surface area contributed by atoms with Gasteiger partial charge in [-0.1, -0.05) is 0 Å². The molecule has 0 saturated carbocycles. The van der Waals surface area contributed by atoms with E-state index in [1.165, 1.54) is 18.0 Å². The van der Waals surface area contributed by atoms with Crippen LogP contribution in [0.2, 0.25) is 0 Å². The lowest BCUT2D eigenvalue weighted by atomic mass is 9.69. The average molecular weight is 733 g/mol. The van der Waals surface area contributed by atoms with Crippen LogP contribution in [0, 0.1) is 11.2 Å². The van der Waals surface area contributed by atoms with Gasteiger partial charge in [-0.3, -0.25) is 43.3 Å². The molecular weight excluding hydrogens is 695 g/mol. The van der Waals surface area contributed by atoms with Crippen LogP contribution < -0.4 is 33.0 Å². The Bertz CT molecular complexity index is 1960. The van der Waals surface area contributed by atoms with Crippen molar-refractivity contribution in [1.29, 1.82) is 0 Å². The summed E-state index contributed by atoms with van der Waals surface area (Å²) < 4.78 is 15.4. The summed E-state index contributed by atoms with van der Waals surface area (Å²) in [4.78, 5) is 111. The van der Waals surface area contributed by atoms with Crippen LogP contribution in [0.25, 0.3) is 11.0 Å². The van der Waals surface area contributed by atoms with Crippen molar-refractivity contribution in [3.05, 3.63) is 51.7 Å². The number of hydrogen-bond donors (Lipinski definition) is 10. The number of carboxylic acid groups (broad SMARTS) is 4. The number of Topliss-reactive ketones (excluding diaryl/α,β-unsaturated/α-hetero) is 2. The highest BCUT2D eigenvalue weighted by Gasteiger charge is 2.57. The number of aromatic nitrogens is 3. The van der Waals surface area contributed by atoms with Gasteiger partial charge in [-0.25, -0.2) is 4.39 Å². The number of ketones is 2. The van der Waals surface area contributed by atoms with Crippen LogP contribution in [-0.4, -0.2) is 108 Å². The van der Waals surface area contributed by atoms with Crippen molar-refractivity contribution in [2.45, 2.75) is 56.7 Å². The van der Waals surface area contributed by atoms with Gasteiger partial charge in [0.1, 0.15) is 17.5 Å². The number of carbonyl (C=O) groups is 7. The standard InChI is InChI=1S/C31H37FN8O12/c1-40(9-8-14-12-36-25-22(14)27(48)39-30(35)38-25)19-5-2-13(10-15(19)32)26(47)37-18(4-7-21(43)44)24(46)31(29(51)52,11-17(34)28(49)50)23(45)16(33)3-6-20(41)42/h2,5,10,12,16-18H,3-4,6-9,11,33-34H2,1H3,(H,37,47)(H,41,42)(H,43,44)(H,49,50)(H,51,52)(H4,35,36,38,39,48)/t16-,17-,18-,31?/m0/s1. The summed E-state index contributed by atoms with van der Waals surface area (Å²) in [6.45, 7) is 0.170. The number of likely N-dealkylation sites (N-methyl/N-ethyl adjacent to an activating group) is 1. The smallest absolute Gasteiger partial charge is 0.325 e. The number of nitrogens with two attached hydrogens (primary N) is 3. The van der Waals surface area contributed by atoms with Crippen molar-refractivity contribution < 1.29 is 58.4 Å². The van der Waals surface area contributed by atoms with Crippen molar-refractivity contribution >= 4 is 64.0 Å². The second-order valence-corrected chi connectivity index (χ2v) is 11.9. The number of aromatic amines is 2. The minimum Gasteiger partial charge on any atom is -0.481 e. The molecule has 20 nitrogen and oxygen atoms in total. The summed E-state index contributed by atoms with van der Waals surface area (Å²) in [6, 6.07) is -3.05. The number of H-pyrrole nitrogens is 2. The number of nitrogen functional groups attached to an aromatic ring is 1. The van der Waals surface area contributed by atoms with E-state index in [4.69, 9.17) is 22.3 Å². The monoisotopic (exact) mass is 732 g/mol. The van der Waals surface area contributed by atoms with Gasteiger partial charge in [0.05, 0.1) is 23.2 Å². The third-order valence-electron chi connectivity index (χ3n) is 8.30. The Hall–Kier alpha value is -6.22. The number of benzene rings is 1. The van der Waals surface area contributed by atoms with E-state index in [1.54, 1.807) is 6.20 Å². The van der Waals surface area contributed by atoms with Crippen molar-refractivity contribution in [2.24, 2.45) is 16.9 Å². The maximum Gasteiger partial charge on any atom is 0.325 e. The van der Waals surface area contributed by atoms with Crippen LogP contribution in [0.5, 0.6) is 0 Å². The zero-order chi connectivity index (χ0) is 39.1. The lowest BCUT2D eigenvalue weighted by molar-refractivity contribution is -0.162. The highest BCUT2D eigenvalue weighted by Crippen LogP contribution is 2.32. The van der Waals surface area contributed by atoms with Crippen molar-refractivity contribution in [3.8, 4) is 0 Å². The predicted molar refractivity (Wildman–Crippen MR) is 178 cm³/mol. The van der Waals surface area contributed by atoms with Crippen LogP contribution in [0.4, 0.5) is 16.0 Å². The molecule has 1 aromatic carbocycles. The van der Waals surface area contributed by atoms with Crippen LogP contribution in [-0.2, 0) is 35.2 Å². The molecule has 0 aliphatic carbocycles. The minimum atomic E-state index is -3.37. The summed E-state index contributed by atoms with van der Waals surface area (Å²) in [5, 5.41) is 40.3. The largest absolute Gasteiger partial charge is 0.481 e. The summed E-state index contributed by atoms with van der Waals surface area (Å²) in [6.07, 6.45) is -2.67. The third-order valence-corrected chi connectivity index (χ3v) is 8.30. The van der Waals surface area contributed by atoms with Gasteiger partial charge in [-0.2, -0.15) is 4.98 Å². The number of halogens is 1. The fraction of sp³-hybridized carbons (Fsp3) is 0.387. The Labute approximate surface area is 292 Å². The van der Waals surface area contributed by atoms with Gasteiger partial charge in [0.2, 0.25) is 5.95 Å². The first-order valence-electron chi connectivity index (χ1n) is 15.5. The molecule has 1 unspecified atom stereocenters. The fourth-order valence-electron chi connectivity index (χ4n) is 5.52. The molecule has 0 bridgehead atoms. The molecule has 3 rings (SSSR count). The third kappa shape index (κ3) is 9.11. The second-order valence-electron chi connectivity index (χ2n) is 11.9. The van der Waals surface area contributed by atoms with E-state index < -0.39 is 114 Å². The fourth-order valence-corrected chi connectivity index (χ4v) is 5.52. The van der Waals surface area contributed by atoms with E-state index in [2.05, 4.69) is 20.3 Å². The first kappa shape index (κ1) is 40.2. The molecule has 0 fully saturated rings. The number of amides is 1. The van der Waals surface area contributed by atoms with E-state index in [0.717, 1.165) is 12.1 Å². The Kier molecular flexibility index (Phi) is 12.9. The Morgan fingerprint density at radius 1 is 0.981 bits per heavy atom. The topological polar surface area (TPSA) is 355 Å². The maximum absolute atomic E-state index is 15.4. The van der Waals surface area contributed by atoms with E-state index in [-0.39, 0.29) is 35.6 Å². The number of aliphatic carboxylic acids is 4. The number of fused-ring (bicyclic) bond motifs is 1. The molecule has 280 valence electrons. The van der Waals surface area contributed by atoms with E-state index in [0.29, 0.717) is 5.56 Å². The number of carbonyl (C=O) groups excluding carboxylic acids is 3. The van der Waals surface area contributed by atoms with E-state index in [9.17, 15) is 53.7 Å². The number of hydrogen-bond acceptors (Lipinski definition) is 13. The van der Waals surface area contributed by atoms with Gasteiger partial charge < -0.3 is 52.8 Å². The molecule has 2 heterocycles. The summed E-state index contributed by atoms with van der Waals surface area (Å²) >= 11 is 0. The van der Waals surface area contributed by atoms with E-state index in [1.807, 2.05) is 0 Å². The van der Waals surface area contributed by atoms with Crippen LogP contribution in [0.3, 0.4) is 0 Å². The van der Waals surface area contributed by atoms with Gasteiger partial charge in [0.15, 0.2) is 17.0 Å². The van der Waals surface area contributed by atoms with E-state index >= 15 is 4.39 Å². The number of nitrogens with one attached hydrogen (secondary N) is 3. The second kappa shape index (κ2) is 16.7. The van der Waals surface area contributed by atoms with Crippen LogP contribution in [0.15, 0.2) is 29.2 Å². The summed E-state index contributed by atoms with van der Waals surface area (Å²) in [5.41, 5.74) is 13.4. The van der Waals surface area contributed by atoms with Crippen LogP contribution in [0.1, 0.15) is 48.0 Å². The zero-order valence-corrected chi connectivity index (χ0v) is 27.6. The molecule has 52 heavy (non-hydrogen) atoms. The Morgan fingerprint density at radius 3 is 2.19 bits per heavy atom. The molecule has 0 aliphatic rings. The Balaban J connectivity index is 1.91. The summed E-state index contributed by atoms with van der Waals surface area (Å²) in [7, 11) is 1.53. The molecule has 0 aliphatic heterocycles. The van der Waals surface area contributed by atoms with Crippen molar-refractivity contribution in [2.75, 3.05) is 24.2 Å². The first-order chi connectivity index (χ1) is 24.3. The molecule has 0 spiro atoms. The number of rotatable bonds is 20. The molecule has 2 aromatic heterocycles.